The van der Waals surface area contributed by atoms with E-state index in [2.05, 4.69) is 0 Å². The van der Waals surface area contributed by atoms with Crippen molar-refractivity contribution in [2.75, 3.05) is 26.0 Å². The molecule has 3 unspecified atom stereocenters. The van der Waals surface area contributed by atoms with Gasteiger partial charge in [-0.1, -0.05) is 0 Å². The fourth-order valence-electron chi connectivity index (χ4n) is 2.49. The summed E-state index contributed by atoms with van der Waals surface area (Å²) in [5, 5.41) is 9.07. The number of carboxylic acids is 1. The number of carbonyl (C=O) groups is 2. The molecule has 0 aromatic rings. The second-order valence-corrected chi connectivity index (χ2v) is 6.34. The molecule has 7 heteroatoms. The predicted molar refractivity (Wildman–Crippen MR) is 72.2 cm³/mol. The maximum Gasteiger partial charge on any atom is 0.327 e. The van der Waals surface area contributed by atoms with Gasteiger partial charge in [0.25, 0.3) is 0 Å². The Hall–Kier alpha value is -0.950. The molecule has 1 N–H and O–H groups in total. The second-order valence-electron chi connectivity index (χ2n) is 4.99. The summed E-state index contributed by atoms with van der Waals surface area (Å²) >= 11 is 1.50. The maximum atomic E-state index is 12.4. The number of carbonyl (C=O) groups excluding carboxylic acids is 1. The normalized spacial score (nSPS) is 30.6. The lowest BCUT2D eigenvalue weighted by molar-refractivity contribution is -0.141. The van der Waals surface area contributed by atoms with Gasteiger partial charge in [-0.25, -0.2) is 9.59 Å². The van der Waals surface area contributed by atoms with Crippen molar-refractivity contribution in [3.63, 3.8) is 0 Å². The first-order chi connectivity index (χ1) is 9.00. The van der Waals surface area contributed by atoms with Crippen molar-refractivity contribution in [3.8, 4) is 0 Å². The van der Waals surface area contributed by atoms with Crippen LogP contribution >= 0.6 is 11.8 Å². The van der Waals surface area contributed by atoms with Crippen LogP contribution in [0.25, 0.3) is 0 Å². The van der Waals surface area contributed by atoms with E-state index < -0.39 is 12.0 Å². The molecule has 2 aliphatic heterocycles. The molecule has 0 aromatic carbocycles. The highest BCUT2D eigenvalue weighted by Gasteiger charge is 2.41. The Labute approximate surface area is 117 Å². The zero-order chi connectivity index (χ0) is 14.0. The Bertz CT molecular complexity index is 360. The number of thioether (sulfide) groups is 1. The number of likely N-dealkylation sites (N-methyl/N-ethyl adjacent to an activating group) is 1. The van der Waals surface area contributed by atoms with Gasteiger partial charge < -0.3 is 14.7 Å². The molecule has 0 saturated carbocycles. The summed E-state index contributed by atoms with van der Waals surface area (Å²) in [5.41, 5.74) is 0. The van der Waals surface area contributed by atoms with E-state index >= 15 is 0 Å². The third-order valence-corrected chi connectivity index (χ3v) is 4.77. The summed E-state index contributed by atoms with van der Waals surface area (Å²) in [6.07, 6.45) is 2.08. The minimum Gasteiger partial charge on any atom is -0.480 e. The van der Waals surface area contributed by atoms with Crippen LogP contribution in [0.3, 0.4) is 0 Å². The predicted octanol–water partition coefficient (Wildman–Crippen LogP) is 1.07. The van der Waals surface area contributed by atoms with Gasteiger partial charge >= 0.3 is 12.0 Å². The smallest absolute Gasteiger partial charge is 0.327 e. The number of ether oxygens (including phenoxy) is 1. The van der Waals surface area contributed by atoms with Crippen molar-refractivity contribution >= 4 is 23.8 Å². The van der Waals surface area contributed by atoms with Crippen molar-refractivity contribution in [2.24, 2.45) is 0 Å². The Morgan fingerprint density at radius 2 is 2.26 bits per heavy atom. The van der Waals surface area contributed by atoms with E-state index in [9.17, 15) is 9.59 Å². The molecule has 3 atom stereocenters. The van der Waals surface area contributed by atoms with Crippen molar-refractivity contribution in [3.05, 3.63) is 0 Å². The van der Waals surface area contributed by atoms with Gasteiger partial charge in [0.15, 0.2) is 0 Å². The SMILES string of the molecule is CC1SCC(C(=O)O)N1C(=O)N(C)CC1CCCO1. The fraction of sp³-hybridized carbons (Fsp3) is 0.833. The first-order valence-corrected chi connectivity index (χ1v) is 7.55. The summed E-state index contributed by atoms with van der Waals surface area (Å²) in [6, 6.07) is -0.945. The van der Waals surface area contributed by atoms with Gasteiger partial charge in [0.2, 0.25) is 0 Å². The highest BCUT2D eigenvalue weighted by molar-refractivity contribution is 8.00. The molecule has 2 rings (SSSR count). The monoisotopic (exact) mass is 288 g/mol. The van der Waals surface area contributed by atoms with E-state index in [0.717, 1.165) is 19.4 Å². The van der Waals surface area contributed by atoms with Crippen LogP contribution in [0.2, 0.25) is 0 Å². The molecule has 2 amide bonds. The van der Waals surface area contributed by atoms with E-state index in [1.54, 1.807) is 11.9 Å². The Kier molecular flexibility index (Phi) is 4.57. The molecule has 0 radical (unpaired) electrons. The van der Waals surface area contributed by atoms with Gasteiger partial charge in [-0.3, -0.25) is 4.90 Å². The minimum absolute atomic E-state index is 0.0859. The molecule has 0 spiro atoms. The molecule has 2 heterocycles. The number of urea groups is 1. The average molecular weight is 288 g/mol. The number of hydrogen-bond donors (Lipinski definition) is 1. The molecule has 2 aliphatic rings. The minimum atomic E-state index is -0.935. The molecule has 6 nitrogen and oxygen atoms in total. The van der Waals surface area contributed by atoms with Crippen LogP contribution in [0.5, 0.6) is 0 Å². The molecule has 19 heavy (non-hydrogen) atoms. The lowest BCUT2D eigenvalue weighted by Gasteiger charge is -2.31. The van der Waals surface area contributed by atoms with Crippen molar-refractivity contribution in [2.45, 2.75) is 37.3 Å². The van der Waals surface area contributed by atoms with Crippen molar-refractivity contribution in [1.29, 1.82) is 0 Å². The number of nitrogens with zero attached hydrogens (tertiary/aromatic N) is 2. The summed E-state index contributed by atoms with van der Waals surface area (Å²) in [7, 11) is 1.71. The molecular weight excluding hydrogens is 268 g/mol. The third kappa shape index (κ3) is 3.14. The summed E-state index contributed by atoms with van der Waals surface area (Å²) in [5.74, 6) is -0.480. The number of carboxylic acid groups (broad SMARTS) is 1. The standard InChI is InChI=1S/C12H20N2O4S/c1-8-14(10(7-19-8)11(15)16)12(17)13(2)6-9-4-3-5-18-9/h8-10H,3-7H2,1-2H3,(H,15,16). The van der Waals surface area contributed by atoms with Gasteiger partial charge in [0.1, 0.15) is 6.04 Å². The molecular formula is C12H20N2O4S. The van der Waals surface area contributed by atoms with Crippen molar-refractivity contribution < 1.29 is 19.4 Å². The van der Waals surface area contributed by atoms with E-state index in [1.807, 2.05) is 6.92 Å². The number of hydrogen-bond acceptors (Lipinski definition) is 4. The van der Waals surface area contributed by atoms with Crippen LogP contribution < -0.4 is 0 Å². The van der Waals surface area contributed by atoms with Gasteiger partial charge in [0.05, 0.1) is 11.5 Å². The lowest BCUT2D eigenvalue weighted by atomic mass is 10.2. The van der Waals surface area contributed by atoms with Gasteiger partial charge in [-0.2, -0.15) is 0 Å². The number of amides is 2. The summed E-state index contributed by atoms with van der Waals surface area (Å²) in [6.45, 7) is 3.14. The first kappa shape index (κ1) is 14.5. The van der Waals surface area contributed by atoms with E-state index in [-0.39, 0.29) is 17.5 Å². The van der Waals surface area contributed by atoms with E-state index in [4.69, 9.17) is 9.84 Å². The average Bonchev–Trinajstić information content (AvgIpc) is 2.97. The van der Waals surface area contributed by atoms with Crippen LogP contribution in [0.4, 0.5) is 4.79 Å². The molecule has 108 valence electrons. The van der Waals surface area contributed by atoms with Crippen LogP contribution in [0, 0.1) is 0 Å². The van der Waals surface area contributed by atoms with Gasteiger partial charge in [0, 0.05) is 26.0 Å². The number of aliphatic carboxylic acids is 1. The maximum absolute atomic E-state index is 12.4. The summed E-state index contributed by atoms with van der Waals surface area (Å²) in [4.78, 5) is 26.6. The quantitative estimate of drug-likeness (QED) is 0.841. The zero-order valence-electron chi connectivity index (χ0n) is 11.2. The van der Waals surface area contributed by atoms with Crippen molar-refractivity contribution in [1.82, 2.24) is 9.80 Å². The second kappa shape index (κ2) is 6.00. The Morgan fingerprint density at radius 1 is 1.53 bits per heavy atom. The largest absolute Gasteiger partial charge is 0.480 e. The first-order valence-electron chi connectivity index (χ1n) is 6.50. The molecule has 0 aliphatic carbocycles. The lowest BCUT2D eigenvalue weighted by Crippen LogP contribution is -2.51. The Balaban J connectivity index is 1.98. The topological polar surface area (TPSA) is 70.1 Å². The highest BCUT2D eigenvalue weighted by Crippen LogP contribution is 2.29. The van der Waals surface area contributed by atoms with Gasteiger partial charge in [-0.05, 0) is 19.8 Å². The molecule has 2 saturated heterocycles. The third-order valence-electron chi connectivity index (χ3n) is 3.56. The fourth-order valence-corrected chi connectivity index (χ4v) is 3.65. The molecule has 2 fully saturated rings. The summed E-state index contributed by atoms with van der Waals surface area (Å²) < 4.78 is 5.50. The Morgan fingerprint density at radius 3 is 2.84 bits per heavy atom. The number of rotatable bonds is 3. The van der Waals surface area contributed by atoms with Crippen LogP contribution in [-0.2, 0) is 9.53 Å². The van der Waals surface area contributed by atoms with Crippen LogP contribution in [0.15, 0.2) is 0 Å². The van der Waals surface area contributed by atoms with Crippen LogP contribution in [0.1, 0.15) is 19.8 Å². The van der Waals surface area contributed by atoms with E-state index in [0.29, 0.717) is 12.3 Å². The molecule has 0 aromatic heterocycles. The molecule has 0 bridgehead atoms. The van der Waals surface area contributed by atoms with Crippen LogP contribution in [-0.4, -0.2) is 70.4 Å². The van der Waals surface area contributed by atoms with Gasteiger partial charge in [-0.15, -0.1) is 11.8 Å². The zero-order valence-corrected chi connectivity index (χ0v) is 12.1. The highest BCUT2D eigenvalue weighted by atomic mass is 32.2. The van der Waals surface area contributed by atoms with E-state index in [1.165, 1.54) is 16.7 Å².